The number of hydrogen-bond acceptors (Lipinski definition) is 7. The molecule has 0 saturated heterocycles. The fourth-order valence-corrected chi connectivity index (χ4v) is 3.19. The summed E-state index contributed by atoms with van der Waals surface area (Å²) in [7, 11) is 0. The molecule has 2 aromatic carbocycles. The number of rotatable bonds is 4. The van der Waals surface area contributed by atoms with Gasteiger partial charge in [-0.2, -0.15) is 0 Å². The molecule has 138 valence electrons. The van der Waals surface area contributed by atoms with Crippen LogP contribution in [0.15, 0.2) is 75.8 Å². The Balaban J connectivity index is 1.38. The van der Waals surface area contributed by atoms with E-state index in [1.165, 1.54) is 6.26 Å². The first kappa shape index (κ1) is 16.3. The van der Waals surface area contributed by atoms with Crippen LogP contribution in [0.5, 0.6) is 11.5 Å². The van der Waals surface area contributed by atoms with Gasteiger partial charge in [0.2, 0.25) is 0 Å². The monoisotopic (exact) mass is 374 g/mol. The standard InChI is InChI=1S/C21H14N2O5/c24-21(26-12-18-22-23-20(28-18)17-10-5-11-25-17)19-13-6-1-3-8-15(13)27-16-9-4-2-7-14(16)19/h1-11,19H,12H2. The maximum Gasteiger partial charge on any atom is 0.318 e. The largest absolute Gasteiger partial charge is 0.459 e. The Kier molecular flexibility index (Phi) is 3.90. The molecule has 5 rings (SSSR count). The molecule has 0 atom stereocenters. The smallest absolute Gasteiger partial charge is 0.318 e. The van der Waals surface area contributed by atoms with E-state index in [0.29, 0.717) is 17.3 Å². The van der Waals surface area contributed by atoms with E-state index < -0.39 is 11.9 Å². The molecule has 3 heterocycles. The predicted molar refractivity (Wildman–Crippen MR) is 96.6 cm³/mol. The van der Waals surface area contributed by atoms with E-state index in [0.717, 1.165) is 11.1 Å². The average molecular weight is 374 g/mol. The van der Waals surface area contributed by atoms with Gasteiger partial charge in [0.25, 0.3) is 11.8 Å². The minimum Gasteiger partial charge on any atom is -0.459 e. The highest BCUT2D eigenvalue weighted by Gasteiger charge is 2.33. The number of ether oxygens (including phenoxy) is 2. The van der Waals surface area contributed by atoms with Crippen molar-refractivity contribution in [2.24, 2.45) is 0 Å². The molecule has 0 unspecified atom stereocenters. The van der Waals surface area contributed by atoms with Crippen molar-refractivity contribution in [1.82, 2.24) is 10.2 Å². The third-order valence-electron chi connectivity index (χ3n) is 4.45. The first-order chi connectivity index (χ1) is 13.8. The number of carbonyl (C=O) groups is 1. The number of esters is 1. The van der Waals surface area contributed by atoms with Gasteiger partial charge in [-0.25, -0.2) is 0 Å². The Hall–Kier alpha value is -3.87. The number of para-hydroxylation sites is 2. The van der Waals surface area contributed by atoms with Crippen LogP contribution in [0.4, 0.5) is 0 Å². The number of benzene rings is 2. The number of carbonyl (C=O) groups excluding carboxylic acids is 1. The fraction of sp³-hybridized carbons (Fsp3) is 0.0952. The Morgan fingerprint density at radius 2 is 1.64 bits per heavy atom. The van der Waals surface area contributed by atoms with Crippen molar-refractivity contribution in [2.75, 3.05) is 0 Å². The van der Waals surface area contributed by atoms with Crippen molar-refractivity contribution in [2.45, 2.75) is 12.5 Å². The van der Waals surface area contributed by atoms with E-state index in [1.807, 2.05) is 48.5 Å². The Bertz CT molecular complexity index is 1090. The zero-order chi connectivity index (χ0) is 18.9. The Morgan fingerprint density at radius 3 is 2.32 bits per heavy atom. The predicted octanol–water partition coefficient (Wildman–Crippen LogP) is 4.31. The number of hydrogen-bond donors (Lipinski definition) is 0. The molecule has 0 N–H and O–H groups in total. The molecular weight excluding hydrogens is 360 g/mol. The molecule has 1 aliphatic heterocycles. The number of nitrogens with zero attached hydrogens (tertiary/aromatic N) is 2. The molecule has 0 radical (unpaired) electrons. The van der Waals surface area contributed by atoms with Gasteiger partial charge in [-0.05, 0) is 24.3 Å². The molecule has 0 saturated carbocycles. The van der Waals surface area contributed by atoms with E-state index in [9.17, 15) is 4.79 Å². The van der Waals surface area contributed by atoms with Gasteiger partial charge in [-0.1, -0.05) is 36.4 Å². The molecule has 4 aromatic rings. The molecule has 0 amide bonds. The molecule has 1 aliphatic rings. The summed E-state index contributed by atoms with van der Waals surface area (Å²) in [5.74, 6) is 1.15. The van der Waals surface area contributed by atoms with E-state index in [2.05, 4.69) is 10.2 Å². The number of fused-ring (bicyclic) bond motifs is 2. The topological polar surface area (TPSA) is 87.6 Å². The summed E-state index contributed by atoms with van der Waals surface area (Å²) in [6.07, 6.45) is 1.51. The van der Waals surface area contributed by atoms with Gasteiger partial charge >= 0.3 is 5.97 Å². The van der Waals surface area contributed by atoms with Crippen LogP contribution >= 0.6 is 0 Å². The van der Waals surface area contributed by atoms with Crippen LogP contribution in [0.25, 0.3) is 11.7 Å². The van der Waals surface area contributed by atoms with Crippen molar-refractivity contribution < 1.29 is 23.1 Å². The summed E-state index contributed by atoms with van der Waals surface area (Å²) in [6, 6.07) is 18.3. The molecule has 2 aromatic heterocycles. The SMILES string of the molecule is O=C(OCc1nnc(-c2ccco2)o1)C1c2ccccc2Oc2ccccc21. The van der Waals surface area contributed by atoms with E-state index in [1.54, 1.807) is 12.1 Å². The second kappa shape index (κ2) is 6.70. The minimum absolute atomic E-state index is 0.131. The molecular formula is C21H14N2O5. The third kappa shape index (κ3) is 2.83. The van der Waals surface area contributed by atoms with Crippen LogP contribution in [0, 0.1) is 0 Å². The van der Waals surface area contributed by atoms with Crippen molar-refractivity contribution in [3.63, 3.8) is 0 Å². The van der Waals surface area contributed by atoms with Gasteiger partial charge in [0, 0.05) is 11.1 Å². The molecule has 0 spiro atoms. The summed E-state index contributed by atoms with van der Waals surface area (Å²) in [6.45, 7) is -0.131. The first-order valence-corrected chi connectivity index (χ1v) is 8.68. The van der Waals surface area contributed by atoms with Crippen LogP contribution in [0.2, 0.25) is 0 Å². The molecule has 0 aliphatic carbocycles. The van der Waals surface area contributed by atoms with Gasteiger partial charge in [-0.3, -0.25) is 4.79 Å². The first-order valence-electron chi connectivity index (χ1n) is 8.68. The zero-order valence-electron chi connectivity index (χ0n) is 14.6. The fourth-order valence-electron chi connectivity index (χ4n) is 3.19. The lowest BCUT2D eigenvalue weighted by Crippen LogP contribution is -2.21. The highest BCUT2D eigenvalue weighted by molar-refractivity contribution is 5.85. The maximum absolute atomic E-state index is 12.9. The lowest BCUT2D eigenvalue weighted by Gasteiger charge is -2.26. The molecule has 0 bridgehead atoms. The highest BCUT2D eigenvalue weighted by Crippen LogP contribution is 2.44. The lowest BCUT2D eigenvalue weighted by atomic mass is 9.88. The second-order valence-corrected chi connectivity index (χ2v) is 6.20. The van der Waals surface area contributed by atoms with Gasteiger partial charge < -0.3 is 18.3 Å². The summed E-state index contributed by atoms with van der Waals surface area (Å²) < 4.78 is 22.1. The van der Waals surface area contributed by atoms with Gasteiger partial charge in [0.05, 0.1) is 6.26 Å². The van der Waals surface area contributed by atoms with E-state index in [4.69, 9.17) is 18.3 Å². The second-order valence-electron chi connectivity index (χ2n) is 6.20. The average Bonchev–Trinajstić information content (AvgIpc) is 3.42. The minimum atomic E-state index is -0.589. The quantitative estimate of drug-likeness (QED) is 0.492. The zero-order valence-corrected chi connectivity index (χ0v) is 14.6. The lowest BCUT2D eigenvalue weighted by molar-refractivity contribution is -0.146. The van der Waals surface area contributed by atoms with E-state index in [-0.39, 0.29) is 18.4 Å². The summed E-state index contributed by atoms with van der Waals surface area (Å²) in [5.41, 5.74) is 1.51. The van der Waals surface area contributed by atoms with Crippen LogP contribution in [-0.4, -0.2) is 16.2 Å². The van der Waals surface area contributed by atoms with Crippen molar-refractivity contribution >= 4 is 5.97 Å². The number of aromatic nitrogens is 2. The van der Waals surface area contributed by atoms with Gasteiger partial charge in [0.1, 0.15) is 17.4 Å². The van der Waals surface area contributed by atoms with Crippen LogP contribution in [-0.2, 0) is 16.1 Å². The Morgan fingerprint density at radius 1 is 0.929 bits per heavy atom. The summed E-state index contributed by atoms with van der Waals surface area (Å²) in [5, 5.41) is 7.80. The summed E-state index contributed by atoms with van der Waals surface area (Å²) >= 11 is 0. The Labute approximate surface area is 159 Å². The van der Waals surface area contributed by atoms with Crippen molar-refractivity contribution in [1.29, 1.82) is 0 Å². The van der Waals surface area contributed by atoms with E-state index >= 15 is 0 Å². The van der Waals surface area contributed by atoms with Gasteiger partial charge in [0.15, 0.2) is 12.4 Å². The highest BCUT2D eigenvalue weighted by atomic mass is 16.5. The molecule has 0 fully saturated rings. The van der Waals surface area contributed by atoms with Crippen molar-refractivity contribution in [3.8, 4) is 23.1 Å². The van der Waals surface area contributed by atoms with Gasteiger partial charge in [-0.15, -0.1) is 10.2 Å². The third-order valence-corrected chi connectivity index (χ3v) is 4.45. The molecule has 7 nitrogen and oxygen atoms in total. The molecule has 28 heavy (non-hydrogen) atoms. The maximum atomic E-state index is 12.9. The summed E-state index contributed by atoms with van der Waals surface area (Å²) in [4.78, 5) is 12.9. The number of furan rings is 1. The van der Waals surface area contributed by atoms with Crippen LogP contribution < -0.4 is 4.74 Å². The van der Waals surface area contributed by atoms with Crippen LogP contribution in [0.1, 0.15) is 22.9 Å². The normalized spacial score (nSPS) is 12.7. The van der Waals surface area contributed by atoms with Crippen molar-refractivity contribution in [3.05, 3.63) is 83.9 Å². The van der Waals surface area contributed by atoms with Crippen LogP contribution in [0.3, 0.4) is 0 Å². The molecule has 7 heteroatoms.